The van der Waals surface area contributed by atoms with Crippen molar-refractivity contribution in [1.29, 1.82) is 0 Å². The molecule has 2 saturated carbocycles. The number of aryl methyl sites for hydroxylation is 1. The van der Waals surface area contributed by atoms with E-state index in [4.69, 9.17) is 4.74 Å². The standard InChI is InChI=1S/C26H38N2O3/c29-25(16-15-20-8-6-14-24(18-20)31-23-12-4-5-13-23)28-17-7-9-21(19-28)26(30)27-22-10-2-1-3-11-22/h6,8,14,18,21-23H,1-5,7,9-13,15-17,19H2,(H,27,30). The Bertz CT molecular complexity index is 738. The van der Waals surface area contributed by atoms with Gasteiger partial charge in [-0.1, -0.05) is 31.4 Å². The number of nitrogens with one attached hydrogen (secondary N) is 1. The molecule has 5 nitrogen and oxygen atoms in total. The van der Waals surface area contributed by atoms with E-state index in [2.05, 4.69) is 17.4 Å². The maximum atomic E-state index is 12.9. The molecule has 4 rings (SSSR count). The molecule has 3 fully saturated rings. The first kappa shape index (κ1) is 22.2. The van der Waals surface area contributed by atoms with Gasteiger partial charge in [0.25, 0.3) is 0 Å². The molecule has 1 aromatic rings. The predicted molar refractivity (Wildman–Crippen MR) is 122 cm³/mol. The van der Waals surface area contributed by atoms with Crippen LogP contribution in [0.25, 0.3) is 0 Å². The van der Waals surface area contributed by atoms with Crippen molar-refractivity contribution in [2.75, 3.05) is 13.1 Å². The summed E-state index contributed by atoms with van der Waals surface area (Å²) in [7, 11) is 0. The molecular formula is C26H38N2O3. The van der Waals surface area contributed by atoms with E-state index in [1.165, 1.54) is 32.1 Å². The minimum absolute atomic E-state index is 0.0530. The second-order valence-corrected chi connectivity index (χ2v) is 9.69. The van der Waals surface area contributed by atoms with Crippen LogP contribution in [0.2, 0.25) is 0 Å². The molecular weight excluding hydrogens is 388 g/mol. The van der Waals surface area contributed by atoms with Gasteiger partial charge in [-0.3, -0.25) is 9.59 Å². The van der Waals surface area contributed by atoms with Crippen molar-refractivity contribution in [3.63, 3.8) is 0 Å². The number of hydrogen-bond donors (Lipinski definition) is 1. The van der Waals surface area contributed by atoms with E-state index in [0.29, 0.717) is 25.1 Å². The lowest BCUT2D eigenvalue weighted by molar-refractivity contribution is -0.136. The number of likely N-dealkylation sites (tertiary alicyclic amines) is 1. The number of hydrogen-bond acceptors (Lipinski definition) is 3. The molecule has 1 saturated heterocycles. The van der Waals surface area contributed by atoms with Crippen molar-refractivity contribution in [1.82, 2.24) is 10.2 Å². The summed E-state index contributed by atoms with van der Waals surface area (Å²) < 4.78 is 6.10. The normalized spacial score (nSPS) is 23.0. The molecule has 0 spiro atoms. The second kappa shape index (κ2) is 11.0. The van der Waals surface area contributed by atoms with Crippen molar-refractivity contribution in [2.45, 2.75) is 95.6 Å². The highest BCUT2D eigenvalue weighted by Gasteiger charge is 2.29. The second-order valence-electron chi connectivity index (χ2n) is 9.69. The van der Waals surface area contributed by atoms with Crippen LogP contribution in [0.15, 0.2) is 24.3 Å². The molecule has 2 amide bonds. The van der Waals surface area contributed by atoms with Crippen molar-refractivity contribution in [3.8, 4) is 5.75 Å². The fourth-order valence-electron chi connectivity index (χ4n) is 5.37. The number of carbonyl (C=O) groups excluding carboxylic acids is 2. The maximum Gasteiger partial charge on any atom is 0.225 e. The molecule has 1 heterocycles. The first-order valence-electron chi connectivity index (χ1n) is 12.5. The van der Waals surface area contributed by atoms with Gasteiger partial charge in [0.15, 0.2) is 0 Å². The fourth-order valence-corrected chi connectivity index (χ4v) is 5.37. The predicted octanol–water partition coefficient (Wildman–Crippen LogP) is 4.63. The first-order chi connectivity index (χ1) is 15.2. The number of nitrogens with zero attached hydrogens (tertiary/aromatic N) is 1. The van der Waals surface area contributed by atoms with Gasteiger partial charge in [0.2, 0.25) is 11.8 Å². The van der Waals surface area contributed by atoms with Gasteiger partial charge in [-0.2, -0.15) is 0 Å². The Morgan fingerprint density at radius 1 is 0.968 bits per heavy atom. The Balaban J connectivity index is 1.24. The lowest BCUT2D eigenvalue weighted by Gasteiger charge is -2.33. The van der Waals surface area contributed by atoms with Gasteiger partial charge in [-0.15, -0.1) is 0 Å². The lowest BCUT2D eigenvalue weighted by Crippen LogP contribution is -2.48. The minimum atomic E-state index is -0.0530. The van der Waals surface area contributed by atoms with E-state index in [0.717, 1.165) is 62.8 Å². The summed E-state index contributed by atoms with van der Waals surface area (Å²) in [6, 6.07) is 8.54. The van der Waals surface area contributed by atoms with Gasteiger partial charge in [-0.25, -0.2) is 0 Å². The molecule has 0 radical (unpaired) electrons. The van der Waals surface area contributed by atoms with Crippen LogP contribution in [0.4, 0.5) is 0 Å². The van der Waals surface area contributed by atoms with E-state index >= 15 is 0 Å². The van der Waals surface area contributed by atoms with Gasteiger partial charge in [-0.05, 0) is 75.5 Å². The Hall–Kier alpha value is -2.04. The number of benzene rings is 1. The van der Waals surface area contributed by atoms with Crippen LogP contribution >= 0.6 is 0 Å². The molecule has 1 atom stereocenters. The largest absolute Gasteiger partial charge is 0.490 e. The highest BCUT2D eigenvalue weighted by Crippen LogP contribution is 2.25. The third-order valence-electron chi connectivity index (χ3n) is 7.23. The number of rotatable bonds is 7. The Morgan fingerprint density at radius 2 is 1.74 bits per heavy atom. The molecule has 170 valence electrons. The summed E-state index contributed by atoms with van der Waals surface area (Å²) in [5.41, 5.74) is 1.15. The van der Waals surface area contributed by atoms with Crippen LogP contribution in [-0.2, 0) is 16.0 Å². The molecule has 31 heavy (non-hydrogen) atoms. The van der Waals surface area contributed by atoms with Crippen LogP contribution in [0, 0.1) is 5.92 Å². The molecule has 3 aliphatic rings. The number of ether oxygens (including phenoxy) is 1. The quantitative estimate of drug-likeness (QED) is 0.692. The number of piperidine rings is 1. The lowest BCUT2D eigenvalue weighted by atomic mass is 9.93. The highest BCUT2D eigenvalue weighted by atomic mass is 16.5. The van der Waals surface area contributed by atoms with Crippen molar-refractivity contribution >= 4 is 11.8 Å². The summed E-state index contributed by atoms with van der Waals surface area (Å²) in [4.78, 5) is 27.5. The van der Waals surface area contributed by atoms with E-state index in [-0.39, 0.29) is 17.7 Å². The van der Waals surface area contributed by atoms with Gasteiger partial charge in [0.1, 0.15) is 5.75 Å². The molecule has 2 aliphatic carbocycles. The van der Waals surface area contributed by atoms with Gasteiger partial charge < -0.3 is 15.0 Å². The van der Waals surface area contributed by atoms with E-state index in [1.54, 1.807) is 0 Å². The van der Waals surface area contributed by atoms with Crippen molar-refractivity contribution in [3.05, 3.63) is 29.8 Å². The Labute approximate surface area is 186 Å². The average Bonchev–Trinajstić information content (AvgIpc) is 3.31. The zero-order chi connectivity index (χ0) is 21.5. The molecule has 1 unspecified atom stereocenters. The van der Waals surface area contributed by atoms with Crippen LogP contribution < -0.4 is 10.1 Å². The highest BCUT2D eigenvalue weighted by molar-refractivity contribution is 5.81. The summed E-state index contributed by atoms with van der Waals surface area (Å²) in [6.07, 6.45) is 14.1. The van der Waals surface area contributed by atoms with Crippen LogP contribution in [0.3, 0.4) is 0 Å². The monoisotopic (exact) mass is 426 g/mol. The molecule has 1 aliphatic heterocycles. The fraction of sp³-hybridized carbons (Fsp3) is 0.692. The maximum absolute atomic E-state index is 12.9. The van der Waals surface area contributed by atoms with E-state index < -0.39 is 0 Å². The SMILES string of the molecule is O=C(NC1CCCCC1)C1CCCN(C(=O)CCc2cccc(OC3CCCC3)c2)C1. The smallest absolute Gasteiger partial charge is 0.225 e. The first-order valence-corrected chi connectivity index (χ1v) is 12.5. The number of carbonyl (C=O) groups is 2. The van der Waals surface area contributed by atoms with Gasteiger partial charge in [0, 0.05) is 25.6 Å². The van der Waals surface area contributed by atoms with Crippen LogP contribution in [-0.4, -0.2) is 41.9 Å². The Morgan fingerprint density at radius 3 is 2.55 bits per heavy atom. The zero-order valence-electron chi connectivity index (χ0n) is 18.8. The number of amides is 2. The molecule has 0 aromatic heterocycles. The summed E-state index contributed by atoms with van der Waals surface area (Å²) in [5.74, 6) is 1.19. The van der Waals surface area contributed by atoms with Gasteiger partial charge in [0.05, 0.1) is 12.0 Å². The summed E-state index contributed by atoms with van der Waals surface area (Å²) in [6.45, 7) is 1.35. The third-order valence-corrected chi connectivity index (χ3v) is 7.23. The van der Waals surface area contributed by atoms with E-state index in [9.17, 15) is 9.59 Å². The molecule has 5 heteroatoms. The summed E-state index contributed by atoms with van der Waals surface area (Å²) in [5, 5.41) is 3.25. The Kier molecular flexibility index (Phi) is 7.87. The van der Waals surface area contributed by atoms with Crippen molar-refractivity contribution in [2.24, 2.45) is 5.92 Å². The third kappa shape index (κ3) is 6.47. The average molecular weight is 427 g/mol. The van der Waals surface area contributed by atoms with E-state index in [1.807, 2.05) is 17.0 Å². The van der Waals surface area contributed by atoms with Crippen LogP contribution in [0.1, 0.15) is 82.6 Å². The molecule has 0 bridgehead atoms. The van der Waals surface area contributed by atoms with Gasteiger partial charge >= 0.3 is 0 Å². The zero-order valence-corrected chi connectivity index (χ0v) is 18.8. The topological polar surface area (TPSA) is 58.6 Å². The minimum Gasteiger partial charge on any atom is -0.490 e. The molecule has 1 aromatic carbocycles. The summed E-state index contributed by atoms with van der Waals surface area (Å²) >= 11 is 0. The van der Waals surface area contributed by atoms with Crippen LogP contribution in [0.5, 0.6) is 5.75 Å². The van der Waals surface area contributed by atoms with Crippen molar-refractivity contribution < 1.29 is 14.3 Å². The molecule has 1 N–H and O–H groups in total.